The van der Waals surface area contributed by atoms with Crippen LogP contribution < -0.4 is 0 Å². The van der Waals surface area contributed by atoms with Gasteiger partial charge < -0.3 is 0 Å². The second kappa shape index (κ2) is 12.3. The average molecular weight is 515 g/mol. The first-order valence-corrected chi connectivity index (χ1v) is 13.8. The van der Waals surface area contributed by atoms with E-state index in [1.165, 1.54) is 22.3 Å². The van der Waals surface area contributed by atoms with Crippen molar-refractivity contribution in [2.75, 3.05) is 0 Å². The summed E-state index contributed by atoms with van der Waals surface area (Å²) in [5.74, 6) is 15.9. The van der Waals surface area contributed by atoms with E-state index in [4.69, 9.17) is 18.0 Å². The summed E-state index contributed by atoms with van der Waals surface area (Å²) in [6.07, 6.45) is 18.5. The van der Waals surface area contributed by atoms with E-state index in [0.29, 0.717) is 0 Å². The van der Waals surface area contributed by atoms with Crippen LogP contribution in [0.4, 0.5) is 0 Å². The molecule has 2 aromatic rings. The minimum atomic E-state index is -0.335. The number of rotatable bonds is 6. The Hall–Kier alpha value is -3.63. The van der Waals surface area contributed by atoms with Crippen LogP contribution in [0, 0.1) is 52.8 Å². The molecule has 0 aromatic heterocycles. The topological polar surface area (TPSA) is 0 Å². The number of allylic oxidation sites excluding steroid dienone is 8. The predicted octanol–water partition coefficient (Wildman–Crippen LogP) is 9.16. The lowest BCUT2D eigenvalue weighted by molar-refractivity contribution is 0.341. The summed E-state index contributed by atoms with van der Waals surface area (Å²) < 4.78 is 0. The van der Waals surface area contributed by atoms with Crippen molar-refractivity contribution in [1.82, 2.24) is 0 Å². The van der Waals surface area contributed by atoms with Crippen molar-refractivity contribution in [3.63, 3.8) is 0 Å². The zero-order chi connectivity index (χ0) is 27.0. The van der Waals surface area contributed by atoms with Crippen molar-refractivity contribution in [1.29, 1.82) is 0 Å². The van der Waals surface area contributed by atoms with Gasteiger partial charge in [-0.3, -0.25) is 0 Å². The quantitative estimate of drug-likeness (QED) is 0.337. The Labute approximate surface area is 234 Å². The van der Waals surface area contributed by atoms with Crippen LogP contribution in [0.5, 0.6) is 0 Å². The minimum absolute atomic E-state index is 0.0940. The molecule has 2 unspecified atom stereocenters. The molecule has 2 aliphatic carbocycles. The van der Waals surface area contributed by atoms with Crippen molar-refractivity contribution >= 4 is 17.2 Å². The zero-order valence-electron chi connectivity index (χ0n) is 22.7. The number of benzene rings is 2. The molecular weight excluding hydrogens is 480 g/mol. The molecule has 2 aromatic carbocycles. The number of terminal acetylenes is 1. The molecule has 0 N–H and O–H groups in total. The molecule has 0 radical (unpaired) electrons. The van der Waals surface area contributed by atoms with Crippen LogP contribution in [0.2, 0.25) is 0 Å². The van der Waals surface area contributed by atoms with Gasteiger partial charge in [-0.2, -0.15) is 0 Å². The van der Waals surface area contributed by atoms with Gasteiger partial charge in [0.1, 0.15) is 0 Å². The molecule has 0 saturated heterocycles. The summed E-state index contributed by atoms with van der Waals surface area (Å²) in [7, 11) is 0. The SMILES string of the molecule is C#CC#CC1C(c2ccccc2)=C(CCc2ccccc2)C(Cl)=C(CC2(C#CCC)C=CC=CC2)C1(C)C. The largest absolute Gasteiger partial charge is 0.106 e. The molecule has 2 aliphatic rings. The van der Waals surface area contributed by atoms with Crippen LogP contribution in [-0.2, 0) is 6.42 Å². The maximum atomic E-state index is 7.50. The molecule has 0 fully saturated rings. The highest BCUT2D eigenvalue weighted by Crippen LogP contribution is 2.56. The Bertz CT molecular complexity index is 1430. The summed E-state index contributed by atoms with van der Waals surface area (Å²) >= 11 is 7.50. The van der Waals surface area contributed by atoms with Gasteiger partial charge >= 0.3 is 0 Å². The molecule has 0 bridgehead atoms. The smallest absolute Gasteiger partial charge is 0.0569 e. The van der Waals surface area contributed by atoms with E-state index in [9.17, 15) is 0 Å². The third-order valence-electron chi connectivity index (χ3n) is 7.67. The van der Waals surface area contributed by atoms with Gasteiger partial charge in [0.05, 0.1) is 11.3 Å². The Morgan fingerprint density at radius 2 is 1.68 bits per heavy atom. The fourth-order valence-electron chi connectivity index (χ4n) is 5.59. The summed E-state index contributed by atoms with van der Waals surface area (Å²) in [5.41, 5.74) is 5.40. The second-order valence-electron chi connectivity index (χ2n) is 10.6. The van der Waals surface area contributed by atoms with Crippen molar-refractivity contribution in [2.24, 2.45) is 16.7 Å². The van der Waals surface area contributed by atoms with Gasteiger partial charge in [-0.15, -0.1) is 12.3 Å². The first kappa shape index (κ1) is 27.4. The van der Waals surface area contributed by atoms with Crippen LogP contribution in [0.15, 0.2) is 101 Å². The van der Waals surface area contributed by atoms with Gasteiger partial charge in [-0.25, -0.2) is 0 Å². The van der Waals surface area contributed by atoms with Gasteiger partial charge in [0.25, 0.3) is 0 Å². The van der Waals surface area contributed by atoms with Crippen molar-refractivity contribution in [3.8, 4) is 36.0 Å². The first-order valence-electron chi connectivity index (χ1n) is 13.4. The summed E-state index contributed by atoms with van der Waals surface area (Å²) in [6, 6.07) is 21.1. The van der Waals surface area contributed by atoms with Gasteiger partial charge in [-0.1, -0.05) is 129 Å². The third kappa shape index (κ3) is 5.92. The number of halogens is 1. The van der Waals surface area contributed by atoms with E-state index in [-0.39, 0.29) is 16.7 Å². The first-order chi connectivity index (χ1) is 18.4. The fourth-order valence-corrected chi connectivity index (χ4v) is 6.10. The molecule has 190 valence electrons. The lowest BCUT2D eigenvalue weighted by Crippen LogP contribution is -2.34. The highest BCUT2D eigenvalue weighted by atomic mass is 35.5. The Balaban J connectivity index is 1.93. The van der Waals surface area contributed by atoms with Crippen LogP contribution >= 0.6 is 11.6 Å². The number of hydrogen-bond donors (Lipinski definition) is 0. The van der Waals surface area contributed by atoms with Gasteiger partial charge in [0.15, 0.2) is 0 Å². The molecule has 0 amide bonds. The molecule has 0 spiro atoms. The molecular formula is C37H35Cl. The second-order valence-corrected chi connectivity index (χ2v) is 11.0. The van der Waals surface area contributed by atoms with Crippen LogP contribution in [0.1, 0.15) is 57.6 Å². The number of aryl methyl sites for hydroxylation is 1. The molecule has 0 saturated carbocycles. The van der Waals surface area contributed by atoms with E-state index in [2.05, 4.69) is 129 Å². The molecule has 0 nitrogen and oxygen atoms in total. The van der Waals surface area contributed by atoms with E-state index in [1.54, 1.807) is 0 Å². The lowest BCUT2D eigenvalue weighted by atomic mass is 9.60. The van der Waals surface area contributed by atoms with E-state index in [0.717, 1.165) is 42.7 Å². The zero-order valence-corrected chi connectivity index (χ0v) is 23.4. The third-order valence-corrected chi connectivity index (χ3v) is 8.13. The summed E-state index contributed by atoms with van der Waals surface area (Å²) in [6.45, 7) is 6.63. The van der Waals surface area contributed by atoms with Crippen LogP contribution in [-0.4, -0.2) is 0 Å². The van der Waals surface area contributed by atoms with Gasteiger partial charge in [-0.05, 0) is 65.4 Å². The maximum absolute atomic E-state index is 7.50. The van der Waals surface area contributed by atoms with Gasteiger partial charge in [0, 0.05) is 16.9 Å². The van der Waals surface area contributed by atoms with Crippen molar-refractivity contribution in [3.05, 3.63) is 112 Å². The van der Waals surface area contributed by atoms with Gasteiger partial charge in [0.2, 0.25) is 0 Å². The summed E-state index contributed by atoms with van der Waals surface area (Å²) in [4.78, 5) is 0. The highest BCUT2D eigenvalue weighted by molar-refractivity contribution is 6.33. The molecule has 4 rings (SSSR count). The Morgan fingerprint density at radius 1 is 0.974 bits per heavy atom. The number of hydrogen-bond acceptors (Lipinski definition) is 0. The molecule has 0 heterocycles. The average Bonchev–Trinajstić information content (AvgIpc) is 2.94. The van der Waals surface area contributed by atoms with E-state index >= 15 is 0 Å². The normalized spacial score (nSPS) is 21.7. The van der Waals surface area contributed by atoms with Crippen LogP contribution in [0.3, 0.4) is 0 Å². The highest BCUT2D eigenvalue weighted by Gasteiger charge is 2.44. The Kier molecular flexibility index (Phi) is 8.85. The maximum Gasteiger partial charge on any atom is 0.0569 e. The molecule has 1 heteroatoms. The summed E-state index contributed by atoms with van der Waals surface area (Å²) in [5, 5.41) is 0.865. The molecule has 0 aliphatic heterocycles. The van der Waals surface area contributed by atoms with E-state index in [1.807, 2.05) is 6.07 Å². The molecule has 2 atom stereocenters. The van der Waals surface area contributed by atoms with Crippen molar-refractivity contribution < 1.29 is 0 Å². The van der Waals surface area contributed by atoms with Crippen LogP contribution in [0.25, 0.3) is 5.57 Å². The molecule has 38 heavy (non-hydrogen) atoms. The Morgan fingerprint density at radius 3 is 2.32 bits per heavy atom. The predicted molar refractivity (Wildman–Crippen MR) is 163 cm³/mol. The standard InChI is InChI=1S/C37H35Cl/c1-5-7-22-32-34(30-20-14-10-15-21-30)31(24-23-29-18-12-9-13-19-29)35(38)33(36(32,3)4)28-37(25-8-6-2)26-16-11-17-27-37/h1,9-21,26,32H,6,23-24,27-28H2,2-4H3. The monoisotopic (exact) mass is 514 g/mol. The van der Waals surface area contributed by atoms with E-state index < -0.39 is 0 Å². The minimum Gasteiger partial charge on any atom is -0.106 e. The fraction of sp³-hybridized carbons (Fsp3) is 0.297. The van der Waals surface area contributed by atoms with Crippen molar-refractivity contribution in [2.45, 2.75) is 52.9 Å². The lowest BCUT2D eigenvalue weighted by Gasteiger charge is -2.44.